The monoisotopic (exact) mass is 385 g/mol. The van der Waals surface area contributed by atoms with Crippen molar-refractivity contribution in [1.82, 2.24) is 5.32 Å². The predicted octanol–water partition coefficient (Wildman–Crippen LogP) is 2.53. The van der Waals surface area contributed by atoms with Crippen LogP contribution in [0, 0.1) is 6.92 Å². The van der Waals surface area contributed by atoms with Crippen molar-refractivity contribution in [3.05, 3.63) is 71.3 Å². The largest absolute Gasteiger partial charge is 0.396 e. The fourth-order valence-electron chi connectivity index (χ4n) is 2.87. The summed E-state index contributed by atoms with van der Waals surface area (Å²) < 4.78 is 5.86. The molecule has 0 heterocycles. The van der Waals surface area contributed by atoms with Gasteiger partial charge in [0.25, 0.3) is 0 Å². The molecule has 0 aromatic heterocycles. The van der Waals surface area contributed by atoms with E-state index in [1.54, 1.807) is 12.1 Å². The van der Waals surface area contributed by atoms with Crippen molar-refractivity contribution < 1.29 is 19.7 Å². The van der Waals surface area contributed by atoms with Gasteiger partial charge in [-0.05, 0) is 25.8 Å². The van der Waals surface area contributed by atoms with Gasteiger partial charge in [0.05, 0.1) is 12.7 Å². The van der Waals surface area contributed by atoms with Gasteiger partial charge in [-0.25, -0.2) is 0 Å². The second-order valence-electron chi connectivity index (χ2n) is 7.22. The molecule has 3 unspecified atom stereocenters. The first-order valence-electron chi connectivity index (χ1n) is 9.78. The highest BCUT2D eigenvalue weighted by Gasteiger charge is 2.22. The first-order valence-corrected chi connectivity index (χ1v) is 9.78. The molecule has 0 spiro atoms. The van der Waals surface area contributed by atoms with Crippen LogP contribution in [0.1, 0.15) is 34.8 Å². The van der Waals surface area contributed by atoms with E-state index >= 15 is 0 Å². The van der Waals surface area contributed by atoms with Gasteiger partial charge < -0.3 is 20.3 Å². The summed E-state index contributed by atoms with van der Waals surface area (Å²) >= 11 is 0. The summed E-state index contributed by atoms with van der Waals surface area (Å²) in [6, 6.07) is 17.2. The van der Waals surface area contributed by atoms with E-state index in [0.29, 0.717) is 24.9 Å². The Balaban J connectivity index is 1.99. The van der Waals surface area contributed by atoms with Crippen molar-refractivity contribution in [1.29, 1.82) is 0 Å². The van der Waals surface area contributed by atoms with Gasteiger partial charge >= 0.3 is 0 Å². The first-order chi connectivity index (χ1) is 13.5. The molecule has 0 saturated heterocycles. The van der Waals surface area contributed by atoms with Crippen LogP contribution in [0.3, 0.4) is 0 Å². The molecule has 0 fully saturated rings. The number of aliphatic hydroxyl groups excluding tert-OH is 2. The molecule has 0 saturated carbocycles. The molecule has 3 N–H and O–H groups in total. The Bertz CT molecular complexity index is 702. The maximum atomic E-state index is 12.9. The summed E-state index contributed by atoms with van der Waals surface area (Å²) in [5, 5.41) is 22.3. The molecule has 2 aromatic rings. The van der Waals surface area contributed by atoms with E-state index in [-0.39, 0.29) is 25.0 Å². The summed E-state index contributed by atoms with van der Waals surface area (Å²) in [5.74, 6) is -0.0880. The summed E-state index contributed by atoms with van der Waals surface area (Å²) in [4.78, 5) is 12.9. The van der Waals surface area contributed by atoms with Crippen molar-refractivity contribution in [3.8, 4) is 0 Å². The number of aliphatic hydroxyl groups is 2. The molecular formula is C23H31NO4. The lowest BCUT2D eigenvalue weighted by Crippen LogP contribution is -2.38. The van der Waals surface area contributed by atoms with Crippen LogP contribution in [-0.4, -0.2) is 54.0 Å². The predicted molar refractivity (Wildman–Crippen MR) is 111 cm³/mol. The summed E-state index contributed by atoms with van der Waals surface area (Å²) in [6.45, 7) is 4.48. The van der Waals surface area contributed by atoms with Gasteiger partial charge in [-0.3, -0.25) is 4.79 Å². The van der Waals surface area contributed by atoms with Crippen LogP contribution in [-0.2, 0) is 11.2 Å². The Labute approximate surface area is 167 Å². The smallest absolute Gasteiger partial charge is 0.191 e. The molecule has 0 radical (unpaired) electrons. The quantitative estimate of drug-likeness (QED) is 0.490. The van der Waals surface area contributed by atoms with Gasteiger partial charge in [0.2, 0.25) is 0 Å². The minimum absolute atomic E-state index is 0.0634. The number of Topliss-reactive ketones (excluding diaryl/α,β-unsaturated/α-hetero) is 1. The third-order valence-electron chi connectivity index (χ3n) is 4.65. The number of carbonyl (C=O) groups is 1. The molecule has 152 valence electrons. The zero-order chi connectivity index (χ0) is 20.4. The van der Waals surface area contributed by atoms with Crippen LogP contribution in [0.15, 0.2) is 54.6 Å². The molecule has 0 aliphatic heterocycles. The maximum absolute atomic E-state index is 12.9. The average Bonchev–Trinajstić information content (AvgIpc) is 2.71. The fraction of sp³-hybridized carbons (Fsp3) is 0.435. The number of benzene rings is 2. The van der Waals surface area contributed by atoms with Crippen LogP contribution >= 0.6 is 0 Å². The molecule has 5 heteroatoms. The number of hydrogen-bond acceptors (Lipinski definition) is 5. The van der Waals surface area contributed by atoms with Gasteiger partial charge in [-0.1, -0.05) is 60.2 Å². The number of ketones is 1. The van der Waals surface area contributed by atoms with Crippen molar-refractivity contribution in [3.63, 3.8) is 0 Å². The number of carbonyl (C=O) groups excluding carboxylic acids is 1. The van der Waals surface area contributed by atoms with Gasteiger partial charge in [0.15, 0.2) is 5.78 Å². The van der Waals surface area contributed by atoms with Crippen molar-refractivity contribution in [2.75, 3.05) is 19.8 Å². The topological polar surface area (TPSA) is 78.8 Å². The second kappa shape index (κ2) is 11.7. The SMILES string of the molecule is Cc1ccc(CC(OCC(O)CNC(C)CCO)C(=O)c2ccccc2)cc1. The van der Waals surface area contributed by atoms with E-state index in [1.807, 2.05) is 56.3 Å². The van der Waals surface area contributed by atoms with Crippen LogP contribution in [0.4, 0.5) is 0 Å². The Morgan fingerprint density at radius 3 is 2.43 bits per heavy atom. The highest BCUT2D eigenvalue weighted by molar-refractivity contribution is 5.99. The number of hydrogen-bond donors (Lipinski definition) is 3. The average molecular weight is 386 g/mol. The van der Waals surface area contributed by atoms with Gasteiger partial charge in [-0.2, -0.15) is 0 Å². The third kappa shape index (κ3) is 7.52. The Morgan fingerprint density at radius 2 is 1.79 bits per heavy atom. The van der Waals surface area contributed by atoms with Crippen molar-refractivity contribution in [2.45, 2.75) is 44.9 Å². The third-order valence-corrected chi connectivity index (χ3v) is 4.65. The molecule has 0 aliphatic carbocycles. The number of nitrogens with one attached hydrogen (secondary N) is 1. The standard InChI is InChI=1S/C23H31NO4/c1-17-8-10-19(11-9-17)14-22(23(27)20-6-4-3-5-7-20)28-16-21(26)15-24-18(2)12-13-25/h3-11,18,21-22,24-26H,12-16H2,1-2H3. The van der Waals surface area contributed by atoms with E-state index in [1.165, 1.54) is 0 Å². The maximum Gasteiger partial charge on any atom is 0.191 e. The molecule has 2 aromatic carbocycles. The zero-order valence-electron chi connectivity index (χ0n) is 16.7. The van der Waals surface area contributed by atoms with Crippen molar-refractivity contribution >= 4 is 5.78 Å². The highest BCUT2D eigenvalue weighted by atomic mass is 16.5. The Kier molecular flexibility index (Phi) is 9.31. The van der Waals surface area contributed by atoms with Gasteiger partial charge in [0, 0.05) is 31.2 Å². The van der Waals surface area contributed by atoms with E-state index in [2.05, 4.69) is 5.32 Å². The molecule has 0 bridgehead atoms. The highest BCUT2D eigenvalue weighted by Crippen LogP contribution is 2.14. The lowest BCUT2D eigenvalue weighted by atomic mass is 9.99. The number of aryl methyl sites for hydroxylation is 1. The Morgan fingerprint density at radius 1 is 1.11 bits per heavy atom. The van der Waals surface area contributed by atoms with Crippen LogP contribution in [0.2, 0.25) is 0 Å². The fourth-order valence-corrected chi connectivity index (χ4v) is 2.87. The molecule has 5 nitrogen and oxygen atoms in total. The van der Waals surface area contributed by atoms with Gasteiger partial charge in [-0.15, -0.1) is 0 Å². The molecular weight excluding hydrogens is 354 g/mol. The minimum Gasteiger partial charge on any atom is -0.396 e. The molecule has 0 aliphatic rings. The summed E-state index contributed by atoms with van der Waals surface area (Å²) in [5.41, 5.74) is 2.78. The van der Waals surface area contributed by atoms with Crippen LogP contribution < -0.4 is 5.32 Å². The van der Waals surface area contributed by atoms with E-state index < -0.39 is 12.2 Å². The Hall–Kier alpha value is -2.05. The number of rotatable bonds is 12. The molecule has 28 heavy (non-hydrogen) atoms. The molecule has 0 amide bonds. The summed E-state index contributed by atoms with van der Waals surface area (Å²) in [6.07, 6.45) is -0.314. The van der Waals surface area contributed by atoms with Crippen molar-refractivity contribution in [2.24, 2.45) is 0 Å². The van der Waals surface area contributed by atoms with Gasteiger partial charge in [0.1, 0.15) is 6.10 Å². The normalized spacial score (nSPS) is 14.4. The second-order valence-corrected chi connectivity index (χ2v) is 7.22. The lowest BCUT2D eigenvalue weighted by Gasteiger charge is -2.21. The van der Waals surface area contributed by atoms with Crippen LogP contribution in [0.25, 0.3) is 0 Å². The molecule has 3 atom stereocenters. The van der Waals surface area contributed by atoms with E-state index in [9.17, 15) is 9.90 Å². The van der Waals surface area contributed by atoms with Crippen LogP contribution in [0.5, 0.6) is 0 Å². The lowest BCUT2D eigenvalue weighted by molar-refractivity contribution is -0.00247. The first kappa shape index (κ1) is 22.2. The summed E-state index contributed by atoms with van der Waals surface area (Å²) in [7, 11) is 0. The molecule has 2 rings (SSSR count). The minimum atomic E-state index is -0.731. The van der Waals surface area contributed by atoms with E-state index in [4.69, 9.17) is 9.84 Å². The van der Waals surface area contributed by atoms with E-state index in [0.717, 1.165) is 11.1 Å². The number of ether oxygens (including phenoxy) is 1. The zero-order valence-corrected chi connectivity index (χ0v) is 16.7.